The van der Waals surface area contributed by atoms with Gasteiger partial charge in [-0.05, 0) is 42.8 Å². The van der Waals surface area contributed by atoms with Crippen LogP contribution in [0, 0.1) is 0 Å². The van der Waals surface area contributed by atoms with Gasteiger partial charge in [-0.3, -0.25) is 4.79 Å². The first kappa shape index (κ1) is 16.6. The maximum absolute atomic E-state index is 11.9. The molecule has 2 aromatic carbocycles. The monoisotopic (exact) mass is 311 g/mol. The average Bonchev–Trinajstić information content (AvgIpc) is 2.59. The van der Waals surface area contributed by atoms with Gasteiger partial charge in [-0.15, -0.1) is 0 Å². The van der Waals surface area contributed by atoms with Crippen LogP contribution in [0.1, 0.15) is 12.5 Å². The molecule has 0 saturated carbocycles. The predicted molar refractivity (Wildman–Crippen MR) is 91.6 cm³/mol. The SMILES string of the molecule is COc1ccc(OC[C@H](C)NC(=O)/C=C/c2ccccc2)cc1. The summed E-state index contributed by atoms with van der Waals surface area (Å²) < 4.78 is 10.7. The first-order valence-corrected chi connectivity index (χ1v) is 7.48. The van der Waals surface area contributed by atoms with Crippen molar-refractivity contribution < 1.29 is 14.3 Å². The largest absolute Gasteiger partial charge is 0.497 e. The van der Waals surface area contributed by atoms with E-state index in [0.717, 1.165) is 17.1 Å². The van der Waals surface area contributed by atoms with E-state index < -0.39 is 0 Å². The molecule has 4 heteroatoms. The molecular weight excluding hydrogens is 290 g/mol. The minimum absolute atomic E-state index is 0.0926. The fourth-order valence-electron chi connectivity index (χ4n) is 1.96. The summed E-state index contributed by atoms with van der Waals surface area (Å²) in [6, 6.07) is 16.9. The molecule has 0 aliphatic heterocycles. The Morgan fingerprint density at radius 1 is 1.09 bits per heavy atom. The van der Waals surface area contributed by atoms with E-state index in [1.165, 1.54) is 6.08 Å². The van der Waals surface area contributed by atoms with Crippen LogP contribution in [0.2, 0.25) is 0 Å². The second kappa shape index (κ2) is 8.63. The summed E-state index contributed by atoms with van der Waals surface area (Å²) >= 11 is 0. The Morgan fingerprint density at radius 3 is 2.39 bits per heavy atom. The molecule has 1 N–H and O–H groups in total. The Labute approximate surface area is 136 Å². The van der Waals surface area contributed by atoms with Crippen molar-refractivity contribution in [2.75, 3.05) is 13.7 Å². The van der Waals surface area contributed by atoms with Crippen LogP contribution in [0.5, 0.6) is 11.5 Å². The van der Waals surface area contributed by atoms with E-state index in [2.05, 4.69) is 5.32 Å². The molecule has 4 nitrogen and oxygen atoms in total. The smallest absolute Gasteiger partial charge is 0.244 e. The van der Waals surface area contributed by atoms with Gasteiger partial charge in [0.1, 0.15) is 18.1 Å². The third-order valence-corrected chi connectivity index (χ3v) is 3.17. The van der Waals surface area contributed by atoms with Gasteiger partial charge < -0.3 is 14.8 Å². The van der Waals surface area contributed by atoms with Crippen molar-refractivity contribution in [2.45, 2.75) is 13.0 Å². The highest BCUT2D eigenvalue weighted by Crippen LogP contribution is 2.17. The van der Waals surface area contributed by atoms with Gasteiger partial charge in [0.15, 0.2) is 0 Å². The summed E-state index contributed by atoms with van der Waals surface area (Å²) in [5.41, 5.74) is 0.991. The molecule has 0 fully saturated rings. The predicted octanol–water partition coefficient (Wildman–Crippen LogP) is 3.29. The number of rotatable bonds is 7. The highest BCUT2D eigenvalue weighted by atomic mass is 16.5. The first-order valence-electron chi connectivity index (χ1n) is 7.48. The minimum Gasteiger partial charge on any atom is -0.497 e. The maximum Gasteiger partial charge on any atom is 0.244 e. The zero-order chi connectivity index (χ0) is 16.5. The number of carbonyl (C=O) groups excluding carboxylic acids is 1. The van der Waals surface area contributed by atoms with E-state index in [0.29, 0.717) is 6.61 Å². The van der Waals surface area contributed by atoms with Gasteiger partial charge >= 0.3 is 0 Å². The number of carbonyl (C=O) groups is 1. The normalized spacial score (nSPS) is 11.9. The standard InChI is InChI=1S/C19H21NO3/c1-15(14-23-18-11-9-17(22-2)10-12-18)20-19(21)13-8-16-6-4-3-5-7-16/h3-13,15H,14H2,1-2H3,(H,20,21)/b13-8+/t15-/m0/s1. The van der Waals surface area contributed by atoms with Crippen LogP contribution in [-0.2, 0) is 4.79 Å². The van der Waals surface area contributed by atoms with E-state index >= 15 is 0 Å². The zero-order valence-corrected chi connectivity index (χ0v) is 13.4. The molecule has 2 rings (SSSR count). The molecule has 0 saturated heterocycles. The molecule has 0 bridgehead atoms. The molecule has 1 atom stereocenters. The lowest BCUT2D eigenvalue weighted by Crippen LogP contribution is -2.35. The summed E-state index contributed by atoms with van der Waals surface area (Å²) in [6.45, 7) is 2.30. The first-order chi connectivity index (χ1) is 11.2. The highest BCUT2D eigenvalue weighted by molar-refractivity contribution is 5.91. The molecule has 0 aliphatic rings. The third-order valence-electron chi connectivity index (χ3n) is 3.17. The molecule has 23 heavy (non-hydrogen) atoms. The second-order valence-corrected chi connectivity index (χ2v) is 5.14. The Hall–Kier alpha value is -2.75. The lowest BCUT2D eigenvalue weighted by atomic mass is 10.2. The van der Waals surface area contributed by atoms with Crippen molar-refractivity contribution in [1.82, 2.24) is 5.32 Å². The van der Waals surface area contributed by atoms with Crippen LogP contribution in [0.3, 0.4) is 0 Å². The van der Waals surface area contributed by atoms with Crippen molar-refractivity contribution in [3.8, 4) is 11.5 Å². The van der Waals surface area contributed by atoms with Crippen LogP contribution >= 0.6 is 0 Å². The van der Waals surface area contributed by atoms with Crippen LogP contribution in [0.25, 0.3) is 6.08 Å². The average molecular weight is 311 g/mol. The Kier molecular flexibility index (Phi) is 6.24. The summed E-state index contributed by atoms with van der Waals surface area (Å²) in [5.74, 6) is 1.39. The molecule has 0 aromatic heterocycles. The van der Waals surface area contributed by atoms with Gasteiger partial charge in [0, 0.05) is 6.08 Å². The summed E-state index contributed by atoms with van der Waals surface area (Å²) in [7, 11) is 1.62. The molecule has 0 aliphatic carbocycles. The lowest BCUT2D eigenvalue weighted by Gasteiger charge is -2.14. The van der Waals surface area contributed by atoms with E-state index in [-0.39, 0.29) is 11.9 Å². The number of ether oxygens (including phenoxy) is 2. The highest BCUT2D eigenvalue weighted by Gasteiger charge is 2.05. The van der Waals surface area contributed by atoms with E-state index in [1.807, 2.05) is 61.5 Å². The van der Waals surface area contributed by atoms with Gasteiger partial charge in [-0.2, -0.15) is 0 Å². The molecule has 0 heterocycles. The van der Waals surface area contributed by atoms with E-state index in [9.17, 15) is 4.79 Å². The van der Waals surface area contributed by atoms with Crippen molar-refractivity contribution in [2.24, 2.45) is 0 Å². The van der Waals surface area contributed by atoms with Crippen molar-refractivity contribution in [3.05, 3.63) is 66.2 Å². The number of benzene rings is 2. The fourth-order valence-corrected chi connectivity index (χ4v) is 1.96. The molecule has 120 valence electrons. The number of hydrogen-bond donors (Lipinski definition) is 1. The van der Waals surface area contributed by atoms with E-state index in [4.69, 9.17) is 9.47 Å². The molecule has 2 aromatic rings. The van der Waals surface area contributed by atoms with Gasteiger partial charge in [-0.1, -0.05) is 30.3 Å². The lowest BCUT2D eigenvalue weighted by molar-refractivity contribution is -0.117. The number of nitrogens with one attached hydrogen (secondary N) is 1. The van der Waals surface area contributed by atoms with Gasteiger partial charge in [0.05, 0.1) is 13.2 Å². The summed E-state index contributed by atoms with van der Waals surface area (Å²) in [4.78, 5) is 11.9. The summed E-state index contributed by atoms with van der Waals surface area (Å²) in [6.07, 6.45) is 3.31. The molecule has 0 radical (unpaired) electrons. The molecular formula is C19H21NO3. The third kappa shape index (κ3) is 5.87. The van der Waals surface area contributed by atoms with Crippen LogP contribution in [0.4, 0.5) is 0 Å². The number of amides is 1. The van der Waals surface area contributed by atoms with Crippen molar-refractivity contribution in [3.63, 3.8) is 0 Å². The van der Waals surface area contributed by atoms with Crippen LogP contribution in [-0.4, -0.2) is 25.7 Å². The molecule has 0 spiro atoms. The Bertz CT molecular complexity index is 635. The minimum atomic E-state index is -0.139. The van der Waals surface area contributed by atoms with Crippen molar-refractivity contribution >= 4 is 12.0 Å². The number of methoxy groups -OCH3 is 1. The Balaban J connectivity index is 1.76. The van der Waals surface area contributed by atoms with Gasteiger partial charge in [-0.25, -0.2) is 0 Å². The second-order valence-electron chi connectivity index (χ2n) is 5.14. The fraction of sp³-hybridized carbons (Fsp3) is 0.211. The molecule has 0 unspecified atom stereocenters. The number of hydrogen-bond acceptors (Lipinski definition) is 3. The zero-order valence-electron chi connectivity index (χ0n) is 13.4. The quantitative estimate of drug-likeness (QED) is 0.798. The van der Waals surface area contributed by atoms with Crippen LogP contribution < -0.4 is 14.8 Å². The Morgan fingerprint density at radius 2 is 1.74 bits per heavy atom. The maximum atomic E-state index is 11.9. The van der Waals surface area contributed by atoms with Crippen molar-refractivity contribution in [1.29, 1.82) is 0 Å². The van der Waals surface area contributed by atoms with Gasteiger partial charge in [0.25, 0.3) is 0 Å². The summed E-state index contributed by atoms with van der Waals surface area (Å²) in [5, 5.41) is 2.87. The van der Waals surface area contributed by atoms with Gasteiger partial charge in [0.2, 0.25) is 5.91 Å². The topological polar surface area (TPSA) is 47.6 Å². The van der Waals surface area contributed by atoms with Crippen LogP contribution in [0.15, 0.2) is 60.7 Å². The molecule has 1 amide bonds. The van der Waals surface area contributed by atoms with E-state index in [1.54, 1.807) is 13.2 Å².